The van der Waals surface area contributed by atoms with Crippen molar-refractivity contribution in [1.29, 1.82) is 5.26 Å². The van der Waals surface area contributed by atoms with Gasteiger partial charge in [0, 0.05) is 32.3 Å². The summed E-state index contributed by atoms with van der Waals surface area (Å²) < 4.78 is 5.28. The van der Waals surface area contributed by atoms with Crippen LogP contribution >= 0.6 is 0 Å². The Morgan fingerprint density at radius 2 is 2.14 bits per heavy atom. The molecule has 2 saturated carbocycles. The lowest BCUT2D eigenvalue weighted by Crippen LogP contribution is -2.54. The fourth-order valence-electron chi connectivity index (χ4n) is 3.54. The molecule has 21 heavy (non-hydrogen) atoms. The van der Waals surface area contributed by atoms with Crippen LogP contribution in [0.4, 0.5) is 0 Å². The summed E-state index contributed by atoms with van der Waals surface area (Å²) in [6.07, 6.45) is 6.83. The Hall–Kier alpha value is -0.630. The molecular formula is C17H31N3O. The van der Waals surface area contributed by atoms with Gasteiger partial charge in [-0.1, -0.05) is 13.8 Å². The maximum atomic E-state index is 9.72. The molecule has 0 aromatic heterocycles. The smallest absolute Gasteiger partial charge is 0.108 e. The highest BCUT2D eigenvalue weighted by atomic mass is 16.5. The van der Waals surface area contributed by atoms with E-state index >= 15 is 0 Å². The van der Waals surface area contributed by atoms with Gasteiger partial charge in [0.1, 0.15) is 5.54 Å². The van der Waals surface area contributed by atoms with Crippen molar-refractivity contribution in [3.05, 3.63) is 0 Å². The largest absolute Gasteiger partial charge is 0.383 e. The summed E-state index contributed by atoms with van der Waals surface area (Å²) in [5, 5.41) is 13.4. The van der Waals surface area contributed by atoms with Crippen molar-refractivity contribution < 1.29 is 4.74 Å². The molecule has 2 unspecified atom stereocenters. The van der Waals surface area contributed by atoms with E-state index in [1.807, 2.05) is 0 Å². The first-order valence-electron chi connectivity index (χ1n) is 8.50. The minimum absolute atomic E-state index is 0.285. The predicted octanol–water partition coefficient (Wildman–Crippen LogP) is 2.55. The second kappa shape index (κ2) is 7.58. The molecule has 2 rings (SSSR count). The van der Waals surface area contributed by atoms with Crippen LogP contribution in [0.3, 0.4) is 0 Å². The van der Waals surface area contributed by atoms with Gasteiger partial charge in [0.15, 0.2) is 0 Å². The molecule has 0 saturated heterocycles. The fourth-order valence-corrected chi connectivity index (χ4v) is 3.54. The zero-order valence-electron chi connectivity index (χ0n) is 13.9. The SMILES string of the molecule is COCCN(CC(C)C)C1CCCC(C#N)(NC2CC2)C1. The third-order valence-corrected chi connectivity index (χ3v) is 4.70. The summed E-state index contributed by atoms with van der Waals surface area (Å²) in [6.45, 7) is 7.38. The van der Waals surface area contributed by atoms with Crippen molar-refractivity contribution in [2.75, 3.05) is 26.8 Å². The molecule has 0 aromatic rings. The van der Waals surface area contributed by atoms with Crippen LogP contribution < -0.4 is 5.32 Å². The van der Waals surface area contributed by atoms with Crippen molar-refractivity contribution in [1.82, 2.24) is 10.2 Å². The second-order valence-electron chi connectivity index (χ2n) is 7.24. The van der Waals surface area contributed by atoms with E-state index in [1.165, 1.54) is 19.3 Å². The molecule has 4 heteroatoms. The first-order valence-corrected chi connectivity index (χ1v) is 8.50. The Labute approximate surface area is 129 Å². The van der Waals surface area contributed by atoms with Gasteiger partial charge in [-0.15, -0.1) is 0 Å². The van der Waals surface area contributed by atoms with E-state index in [0.29, 0.717) is 18.0 Å². The first-order chi connectivity index (χ1) is 10.1. The zero-order chi connectivity index (χ0) is 15.3. The quantitative estimate of drug-likeness (QED) is 0.747. The molecule has 0 aliphatic heterocycles. The topological polar surface area (TPSA) is 48.3 Å². The third-order valence-electron chi connectivity index (χ3n) is 4.70. The van der Waals surface area contributed by atoms with Crippen LogP contribution in [0.1, 0.15) is 52.4 Å². The van der Waals surface area contributed by atoms with Crippen LogP contribution in [0.5, 0.6) is 0 Å². The average molecular weight is 293 g/mol. The van der Waals surface area contributed by atoms with Crippen molar-refractivity contribution in [3.63, 3.8) is 0 Å². The van der Waals surface area contributed by atoms with E-state index in [0.717, 1.165) is 39.0 Å². The minimum Gasteiger partial charge on any atom is -0.383 e. The summed E-state index contributed by atoms with van der Waals surface area (Å²) in [4.78, 5) is 2.55. The van der Waals surface area contributed by atoms with Gasteiger partial charge in [-0.25, -0.2) is 0 Å². The van der Waals surface area contributed by atoms with Gasteiger partial charge in [0.2, 0.25) is 0 Å². The molecular weight excluding hydrogens is 262 g/mol. The molecule has 0 heterocycles. The normalized spacial score (nSPS) is 29.8. The van der Waals surface area contributed by atoms with E-state index in [-0.39, 0.29) is 5.54 Å². The fraction of sp³-hybridized carbons (Fsp3) is 0.941. The van der Waals surface area contributed by atoms with E-state index < -0.39 is 0 Å². The zero-order valence-corrected chi connectivity index (χ0v) is 13.9. The van der Waals surface area contributed by atoms with Gasteiger partial charge in [-0.2, -0.15) is 5.26 Å². The Balaban J connectivity index is 1.99. The summed E-state index contributed by atoms with van der Waals surface area (Å²) >= 11 is 0. The lowest BCUT2D eigenvalue weighted by molar-refractivity contribution is 0.0749. The van der Waals surface area contributed by atoms with Crippen LogP contribution in [-0.2, 0) is 4.74 Å². The number of nitriles is 1. The maximum absolute atomic E-state index is 9.72. The first kappa shape index (κ1) is 16.7. The molecule has 0 spiro atoms. The Kier molecular flexibility index (Phi) is 6.04. The lowest BCUT2D eigenvalue weighted by Gasteiger charge is -2.42. The molecule has 1 N–H and O–H groups in total. The van der Waals surface area contributed by atoms with Gasteiger partial charge in [0.25, 0.3) is 0 Å². The number of hydrogen-bond donors (Lipinski definition) is 1. The summed E-state index contributed by atoms with van der Waals surface area (Å²) in [7, 11) is 1.77. The number of hydrogen-bond acceptors (Lipinski definition) is 4. The molecule has 120 valence electrons. The molecule has 2 fully saturated rings. The number of nitrogens with one attached hydrogen (secondary N) is 1. The number of nitrogens with zero attached hydrogens (tertiary/aromatic N) is 2. The third kappa shape index (κ3) is 4.95. The lowest BCUT2D eigenvalue weighted by atomic mass is 9.79. The van der Waals surface area contributed by atoms with E-state index in [4.69, 9.17) is 4.74 Å². The highest BCUT2D eigenvalue weighted by Gasteiger charge is 2.41. The van der Waals surface area contributed by atoms with Crippen LogP contribution in [-0.4, -0.2) is 49.3 Å². The number of methoxy groups -OCH3 is 1. The highest BCUT2D eigenvalue weighted by molar-refractivity contribution is 5.13. The van der Waals surface area contributed by atoms with Gasteiger partial charge in [-0.05, 0) is 44.4 Å². The van der Waals surface area contributed by atoms with Gasteiger partial charge < -0.3 is 4.74 Å². The molecule has 2 aliphatic carbocycles. The summed E-state index contributed by atoms with van der Waals surface area (Å²) in [5.41, 5.74) is -0.285. The number of rotatable bonds is 8. The minimum atomic E-state index is -0.285. The van der Waals surface area contributed by atoms with Gasteiger partial charge in [0.05, 0.1) is 12.7 Å². The monoisotopic (exact) mass is 293 g/mol. The Morgan fingerprint density at radius 3 is 2.71 bits per heavy atom. The molecule has 2 atom stereocenters. The predicted molar refractivity (Wildman–Crippen MR) is 85.0 cm³/mol. The molecule has 4 nitrogen and oxygen atoms in total. The summed E-state index contributed by atoms with van der Waals surface area (Å²) in [5.74, 6) is 0.650. The molecule has 0 bridgehead atoms. The highest BCUT2D eigenvalue weighted by Crippen LogP contribution is 2.34. The average Bonchev–Trinajstić information content (AvgIpc) is 3.27. The van der Waals surface area contributed by atoms with Crippen LogP contribution in [0.25, 0.3) is 0 Å². The van der Waals surface area contributed by atoms with E-state index in [9.17, 15) is 5.26 Å². The second-order valence-corrected chi connectivity index (χ2v) is 7.24. The summed E-state index contributed by atoms with van der Waals surface area (Å²) in [6, 6.07) is 3.73. The van der Waals surface area contributed by atoms with Crippen LogP contribution in [0.15, 0.2) is 0 Å². The van der Waals surface area contributed by atoms with Crippen LogP contribution in [0, 0.1) is 17.2 Å². The Morgan fingerprint density at radius 1 is 1.38 bits per heavy atom. The van der Waals surface area contributed by atoms with E-state index in [2.05, 4.69) is 30.1 Å². The van der Waals surface area contributed by atoms with Crippen LogP contribution in [0.2, 0.25) is 0 Å². The molecule has 0 amide bonds. The standard InChI is InChI=1S/C17H31N3O/c1-14(2)12-20(9-10-21-3)16-5-4-8-17(11-16,13-18)19-15-6-7-15/h14-16,19H,4-12H2,1-3H3. The van der Waals surface area contributed by atoms with Crippen molar-refractivity contribution in [3.8, 4) is 6.07 Å². The molecule has 0 aromatic carbocycles. The van der Waals surface area contributed by atoms with E-state index in [1.54, 1.807) is 7.11 Å². The van der Waals surface area contributed by atoms with Crippen molar-refractivity contribution >= 4 is 0 Å². The van der Waals surface area contributed by atoms with Gasteiger partial charge in [-0.3, -0.25) is 10.2 Å². The van der Waals surface area contributed by atoms with Gasteiger partial charge >= 0.3 is 0 Å². The molecule has 2 aliphatic rings. The van der Waals surface area contributed by atoms with Crippen molar-refractivity contribution in [2.24, 2.45) is 5.92 Å². The molecule has 0 radical (unpaired) electrons. The van der Waals surface area contributed by atoms with Crippen molar-refractivity contribution in [2.45, 2.75) is 70.0 Å². The number of ether oxygens (including phenoxy) is 1. The Bertz CT molecular complexity index is 362. The maximum Gasteiger partial charge on any atom is 0.108 e.